The Hall–Kier alpha value is -0.670. The van der Waals surface area contributed by atoms with Gasteiger partial charge in [-0.2, -0.15) is 30.7 Å². The Labute approximate surface area is 153 Å². The molecule has 0 amide bonds. The van der Waals surface area contributed by atoms with E-state index in [-0.39, 0.29) is 11.7 Å². The average Bonchev–Trinajstić information content (AvgIpc) is 2.38. The van der Waals surface area contributed by atoms with Crippen LogP contribution in [0.2, 0.25) is 0 Å². The minimum atomic E-state index is -6.32. The van der Waals surface area contributed by atoms with Crippen molar-refractivity contribution in [3.63, 3.8) is 0 Å². The van der Waals surface area contributed by atoms with Crippen molar-refractivity contribution in [3.8, 4) is 0 Å². The summed E-state index contributed by atoms with van der Waals surface area (Å²) in [5, 5.41) is -0.703. The van der Waals surface area contributed by atoms with Gasteiger partial charge in [-0.05, 0) is 45.3 Å². The third-order valence-electron chi connectivity index (χ3n) is 3.12. The molecule has 0 spiro atoms. The molecular formula is C16H25F7O2S. The van der Waals surface area contributed by atoms with E-state index in [9.17, 15) is 35.5 Å². The van der Waals surface area contributed by atoms with E-state index in [2.05, 4.69) is 0 Å². The fourth-order valence-corrected chi connectivity index (χ4v) is 3.21. The number of thioether (sulfide) groups is 1. The van der Waals surface area contributed by atoms with Gasteiger partial charge in [-0.3, -0.25) is 4.79 Å². The number of esters is 1. The maximum atomic E-state index is 13.2. The van der Waals surface area contributed by atoms with Crippen LogP contribution in [0.15, 0.2) is 0 Å². The molecule has 0 heterocycles. The van der Waals surface area contributed by atoms with Crippen LogP contribution >= 0.6 is 11.8 Å². The second-order valence-corrected chi connectivity index (χ2v) is 8.71. The first kappa shape index (κ1) is 25.3. The molecule has 1 unspecified atom stereocenters. The van der Waals surface area contributed by atoms with Crippen LogP contribution in [0.1, 0.15) is 53.9 Å². The first-order valence-corrected chi connectivity index (χ1v) is 9.12. The van der Waals surface area contributed by atoms with Gasteiger partial charge in [0.05, 0.1) is 0 Å². The Morgan fingerprint density at radius 2 is 1.50 bits per heavy atom. The van der Waals surface area contributed by atoms with Gasteiger partial charge in [-0.25, -0.2) is 0 Å². The maximum absolute atomic E-state index is 13.2. The van der Waals surface area contributed by atoms with Crippen LogP contribution in [0, 0.1) is 5.92 Å². The zero-order valence-electron chi connectivity index (χ0n) is 15.4. The Morgan fingerprint density at radius 3 is 1.88 bits per heavy atom. The van der Waals surface area contributed by atoms with E-state index in [1.165, 1.54) is 0 Å². The van der Waals surface area contributed by atoms with Gasteiger partial charge in [0, 0.05) is 6.42 Å². The number of rotatable bonds is 9. The lowest BCUT2D eigenvalue weighted by atomic mass is 10.1. The van der Waals surface area contributed by atoms with Gasteiger partial charge in [0.15, 0.2) is 0 Å². The number of carbonyl (C=O) groups excluding carboxylic acids is 1. The Balaban J connectivity index is 4.75. The lowest BCUT2D eigenvalue weighted by molar-refractivity contribution is -0.355. The van der Waals surface area contributed by atoms with Crippen LogP contribution in [-0.2, 0) is 9.53 Å². The topological polar surface area (TPSA) is 26.3 Å². The van der Waals surface area contributed by atoms with Crippen LogP contribution in [0.5, 0.6) is 0 Å². The Kier molecular flexibility index (Phi) is 8.78. The number of ether oxygens (including phenoxy) is 1. The Morgan fingerprint density at radius 1 is 1.00 bits per heavy atom. The predicted molar refractivity (Wildman–Crippen MR) is 86.7 cm³/mol. The standard InChI is InChI=1S/C16H25F7O2S/c1-10(2)9-11(12(24)25-13(3,4)5)26-8-6-7-14(17,18)15(19,20)16(21,22)23/h10-11H,6-9H2,1-5H3. The number of halogens is 7. The molecule has 0 aliphatic heterocycles. The quantitative estimate of drug-likeness (QED) is 0.259. The van der Waals surface area contributed by atoms with Crippen LogP contribution in [0.25, 0.3) is 0 Å². The fourth-order valence-electron chi connectivity index (χ4n) is 1.91. The molecule has 1 atom stereocenters. The molecule has 0 aliphatic rings. The molecule has 0 saturated carbocycles. The van der Waals surface area contributed by atoms with Crippen molar-refractivity contribution in [2.24, 2.45) is 5.92 Å². The van der Waals surface area contributed by atoms with Gasteiger partial charge < -0.3 is 4.74 Å². The van der Waals surface area contributed by atoms with E-state index in [4.69, 9.17) is 4.74 Å². The zero-order valence-corrected chi connectivity index (χ0v) is 16.2. The molecule has 10 heteroatoms. The SMILES string of the molecule is CC(C)CC(SCCCC(F)(F)C(F)(F)C(F)(F)F)C(=O)OC(C)(C)C. The average molecular weight is 414 g/mol. The zero-order chi connectivity index (χ0) is 21.0. The highest BCUT2D eigenvalue weighted by molar-refractivity contribution is 8.00. The third-order valence-corrected chi connectivity index (χ3v) is 4.44. The highest BCUT2D eigenvalue weighted by Crippen LogP contribution is 2.48. The number of hydrogen-bond acceptors (Lipinski definition) is 3. The van der Waals surface area contributed by atoms with Crippen molar-refractivity contribution in [2.45, 2.75) is 82.8 Å². The van der Waals surface area contributed by atoms with Crippen molar-refractivity contribution in [3.05, 3.63) is 0 Å². The van der Waals surface area contributed by atoms with Crippen molar-refractivity contribution in [1.29, 1.82) is 0 Å². The molecule has 0 aromatic heterocycles. The van der Waals surface area contributed by atoms with E-state index in [0.717, 1.165) is 11.8 Å². The molecule has 0 rings (SSSR count). The molecule has 0 aromatic rings. The summed E-state index contributed by atoms with van der Waals surface area (Å²) < 4.78 is 93.6. The summed E-state index contributed by atoms with van der Waals surface area (Å²) in [6.45, 7) is 8.62. The molecule has 0 fully saturated rings. The number of hydrogen-bond donors (Lipinski definition) is 0. The number of alkyl halides is 7. The summed E-state index contributed by atoms with van der Waals surface area (Å²) in [4.78, 5) is 12.1. The summed E-state index contributed by atoms with van der Waals surface area (Å²) in [5.74, 6) is -11.9. The van der Waals surface area contributed by atoms with Crippen molar-refractivity contribution in [2.75, 3.05) is 5.75 Å². The van der Waals surface area contributed by atoms with Crippen molar-refractivity contribution < 1.29 is 40.3 Å². The Bertz CT molecular complexity index is 456. The van der Waals surface area contributed by atoms with E-state index in [1.54, 1.807) is 20.8 Å². The van der Waals surface area contributed by atoms with Gasteiger partial charge >= 0.3 is 24.0 Å². The molecule has 0 saturated heterocycles. The molecular weight excluding hydrogens is 389 g/mol. The number of carbonyl (C=O) groups is 1. The molecule has 0 bridgehead atoms. The van der Waals surface area contributed by atoms with E-state index >= 15 is 0 Å². The summed E-state index contributed by atoms with van der Waals surface area (Å²) in [5.41, 5.74) is -0.755. The third kappa shape index (κ3) is 7.92. The molecule has 0 aromatic carbocycles. The predicted octanol–water partition coefficient (Wildman–Crippen LogP) is 6.09. The molecule has 0 aliphatic carbocycles. The fraction of sp³-hybridized carbons (Fsp3) is 0.938. The van der Waals surface area contributed by atoms with Crippen molar-refractivity contribution >= 4 is 17.7 Å². The molecule has 0 N–H and O–H groups in total. The smallest absolute Gasteiger partial charge is 0.459 e. The lowest BCUT2D eigenvalue weighted by Gasteiger charge is -2.28. The summed E-state index contributed by atoms with van der Waals surface area (Å²) in [7, 11) is 0. The summed E-state index contributed by atoms with van der Waals surface area (Å²) in [6.07, 6.45) is -8.18. The van der Waals surface area contributed by atoms with Gasteiger partial charge in [-0.15, -0.1) is 11.8 Å². The second kappa shape index (κ2) is 9.01. The minimum absolute atomic E-state index is 0.0797. The van der Waals surface area contributed by atoms with E-state index < -0.39 is 47.7 Å². The van der Waals surface area contributed by atoms with E-state index in [1.807, 2.05) is 13.8 Å². The lowest BCUT2D eigenvalue weighted by Crippen LogP contribution is -2.51. The summed E-state index contributed by atoms with van der Waals surface area (Å²) >= 11 is 0.923. The van der Waals surface area contributed by atoms with E-state index in [0.29, 0.717) is 6.42 Å². The highest BCUT2D eigenvalue weighted by Gasteiger charge is 2.72. The van der Waals surface area contributed by atoms with Gasteiger partial charge in [0.25, 0.3) is 0 Å². The van der Waals surface area contributed by atoms with Crippen LogP contribution < -0.4 is 0 Å². The molecule has 2 nitrogen and oxygen atoms in total. The molecule has 0 radical (unpaired) electrons. The largest absolute Gasteiger partial charge is 0.459 e. The molecule has 26 heavy (non-hydrogen) atoms. The van der Waals surface area contributed by atoms with Gasteiger partial charge in [-0.1, -0.05) is 13.8 Å². The summed E-state index contributed by atoms with van der Waals surface area (Å²) in [6, 6.07) is 0. The first-order chi connectivity index (χ1) is 11.4. The maximum Gasteiger partial charge on any atom is 0.459 e. The first-order valence-electron chi connectivity index (χ1n) is 8.07. The monoisotopic (exact) mass is 414 g/mol. The van der Waals surface area contributed by atoms with Crippen LogP contribution in [0.3, 0.4) is 0 Å². The second-order valence-electron chi connectivity index (χ2n) is 7.40. The van der Waals surface area contributed by atoms with Crippen molar-refractivity contribution in [1.82, 2.24) is 0 Å². The minimum Gasteiger partial charge on any atom is -0.459 e. The van der Waals surface area contributed by atoms with Gasteiger partial charge in [0.2, 0.25) is 0 Å². The molecule has 156 valence electrons. The normalized spacial score (nSPS) is 15.3. The van der Waals surface area contributed by atoms with Crippen LogP contribution in [0.4, 0.5) is 30.7 Å². The highest BCUT2D eigenvalue weighted by atomic mass is 32.2. The van der Waals surface area contributed by atoms with Gasteiger partial charge in [0.1, 0.15) is 10.9 Å². The van der Waals surface area contributed by atoms with Crippen LogP contribution in [-0.4, -0.2) is 40.6 Å².